The summed E-state index contributed by atoms with van der Waals surface area (Å²) in [6.07, 6.45) is 6.20. The molecule has 2 fully saturated rings. The molecule has 1 aliphatic carbocycles. The number of hydrogen-bond donors (Lipinski definition) is 1. The van der Waals surface area contributed by atoms with Crippen molar-refractivity contribution in [2.75, 3.05) is 19.6 Å². The molecular weight excluding hydrogens is 188 g/mol. The second-order valence-electron chi connectivity index (χ2n) is 5.06. The molecule has 2 atom stereocenters. The number of nitrogens with zero attached hydrogens (tertiary/aromatic N) is 1. The molecule has 0 radical (unpaired) electrons. The molecular formula is C12H22N2O. The number of carbonyl (C=O) groups excluding carboxylic acids is 1. The van der Waals surface area contributed by atoms with Crippen LogP contribution in [0.25, 0.3) is 0 Å². The summed E-state index contributed by atoms with van der Waals surface area (Å²) >= 11 is 0. The third-order valence-electron chi connectivity index (χ3n) is 3.68. The lowest BCUT2D eigenvalue weighted by atomic mass is 10.2. The van der Waals surface area contributed by atoms with Crippen molar-refractivity contribution in [2.24, 2.45) is 11.8 Å². The van der Waals surface area contributed by atoms with Gasteiger partial charge in [-0.25, -0.2) is 4.79 Å². The fourth-order valence-corrected chi connectivity index (χ4v) is 2.29. The summed E-state index contributed by atoms with van der Waals surface area (Å²) in [4.78, 5) is 13.8. The third kappa shape index (κ3) is 3.11. The fraction of sp³-hybridized carbons (Fsp3) is 0.917. The van der Waals surface area contributed by atoms with Gasteiger partial charge in [0, 0.05) is 19.6 Å². The van der Waals surface area contributed by atoms with Gasteiger partial charge >= 0.3 is 6.03 Å². The fourth-order valence-electron chi connectivity index (χ4n) is 2.29. The van der Waals surface area contributed by atoms with Crippen LogP contribution in [0.2, 0.25) is 0 Å². The molecule has 0 aromatic carbocycles. The van der Waals surface area contributed by atoms with Gasteiger partial charge in [0.05, 0.1) is 0 Å². The monoisotopic (exact) mass is 210 g/mol. The lowest BCUT2D eigenvalue weighted by Gasteiger charge is -2.20. The molecule has 1 N–H and O–H groups in total. The van der Waals surface area contributed by atoms with Crippen molar-refractivity contribution in [3.05, 3.63) is 0 Å². The van der Waals surface area contributed by atoms with Crippen LogP contribution in [0.1, 0.15) is 39.0 Å². The Hall–Kier alpha value is -0.730. The molecule has 2 amide bonds. The van der Waals surface area contributed by atoms with Crippen molar-refractivity contribution in [1.29, 1.82) is 0 Å². The molecule has 2 rings (SSSR count). The quantitative estimate of drug-likeness (QED) is 0.744. The van der Waals surface area contributed by atoms with E-state index in [-0.39, 0.29) is 6.03 Å². The zero-order chi connectivity index (χ0) is 10.7. The number of likely N-dealkylation sites (tertiary alicyclic amines) is 1. The molecule has 86 valence electrons. The summed E-state index contributed by atoms with van der Waals surface area (Å²) in [5.41, 5.74) is 0. The van der Waals surface area contributed by atoms with Gasteiger partial charge in [-0.15, -0.1) is 0 Å². The lowest BCUT2D eigenvalue weighted by Crippen LogP contribution is -2.41. The van der Waals surface area contributed by atoms with Crippen molar-refractivity contribution >= 4 is 6.03 Å². The van der Waals surface area contributed by atoms with E-state index < -0.39 is 0 Å². The lowest BCUT2D eigenvalue weighted by molar-refractivity contribution is 0.199. The third-order valence-corrected chi connectivity index (χ3v) is 3.68. The van der Waals surface area contributed by atoms with Crippen LogP contribution in [0.15, 0.2) is 0 Å². The predicted molar refractivity (Wildman–Crippen MR) is 60.7 cm³/mol. The molecule has 1 heterocycles. The first-order chi connectivity index (χ1) is 7.27. The average molecular weight is 210 g/mol. The maximum atomic E-state index is 11.8. The largest absolute Gasteiger partial charge is 0.338 e. The van der Waals surface area contributed by atoms with Crippen LogP contribution in [0.5, 0.6) is 0 Å². The van der Waals surface area contributed by atoms with Crippen LogP contribution in [0, 0.1) is 11.8 Å². The summed E-state index contributed by atoms with van der Waals surface area (Å²) in [6.45, 7) is 5.04. The minimum Gasteiger partial charge on any atom is -0.338 e. The van der Waals surface area contributed by atoms with E-state index in [4.69, 9.17) is 0 Å². The predicted octanol–water partition coefficient (Wildman–Crippen LogP) is 2.23. The van der Waals surface area contributed by atoms with Crippen LogP contribution >= 0.6 is 0 Å². The highest BCUT2D eigenvalue weighted by Crippen LogP contribution is 2.36. The van der Waals surface area contributed by atoms with Gasteiger partial charge in [-0.05, 0) is 31.1 Å². The number of rotatable bonds is 2. The van der Waals surface area contributed by atoms with Crippen molar-refractivity contribution in [2.45, 2.75) is 39.0 Å². The van der Waals surface area contributed by atoms with E-state index in [1.54, 1.807) is 0 Å². The van der Waals surface area contributed by atoms with E-state index in [1.807, 2.05) is 4.90 Å². The average Bonchev–Trinajstić information content (AvgIpc) is 2.97. The number of hydrogen-bond acceptors (Lipinski definition) is 1. The topological polar surface area (TPSA) is 32.3 Å². The molecule has 2 unspecified atom stereocenters. The van der Waals surface area contributed by atoms with E-state index in [2.05, 4.69) is 12.2 Å². The van der Waals surface area contributed by atoms with Gasteiger partial charge in [0.25, 0.3) is 0 Å². The Labute approximate surface area is 92.2 Å². The molecule has 0 aromatic heterocycles. The Balaban J connectivity index is 1.69. The maximum absolute atomic E-state index is 11.8. The summed E-state index contributed by atoms with van der Waals surface area (Å²) < 4.78 is 0. The second kappa shape index (κ2) is 4.86. The van der Waals surface area contributed by atoms with Gasteiger partial charge in [0.2, 0.25) is 0 Å². The second-order valence-corrected chi connectivity index (χ2v) is 5.06. The minimum atomic E-state index is 0.163. The molecule has 0 bridgehead atoms. The molecule has 0 aromatic rings. The number of amides is 2. The summed E-state index contributed by atoms with van der Waals surface area (Å²) in [5.74, 6) is 1.58. The molecule has 15 heavy (non-hydrogen) atoms. The molecule has 3 nitrogen and oxygen atoms in total. The van der Waals surface area contributed by atoms with Gasteiger partial charge in [-0.1, -0.05) is 19.8 Å². The van der Waals surface area contributed by atoms with Crippen molar-refractivity contribution in [3.63, 3.8) is 0 Å². The molecule has 1 saturated heterocycles. The Morgan fingerprint density at radius 3 is 2.40 bits per heavy atom. The minimum absolute atomic E-state index is 0.163. The van der Waals surface area contributed by atoms with E-state index in [0.717, 1.165) is 31.5 Å². The normalized spacial score (nSPS) is 30.9. The highest BCUT2D eigenvalue weighted by molar-refractivity contribution is 5.74. The SMILES string of the molecule is CC1CC1CNC(=O)N1CCCCCC1. The standard InChI is InChI=1S/C12H22N2O/c1-10-8-11(10)9-13-12(15)14-6-4-2-3-5-7-14/h10-11H,2-9H2,1H3,(H,13,15). The summed E-state index contributed by atoms with van der Waals surface area (Å²) in [6, 6.07) is 0.163. The van der Waals surface area contributed by atoms with Gasteiger partial charge in [-0.2, -0.15) is 0 Å². The zero-order valence-corrected chi connectivity index (χ0v) is 9.67. The first-order valence-corrected chi connectivity index (χ1v) is 6.30. The van der Waals surface area contributed by atoms with E-state index >= 15 is 0 Å². The number of carbonyl (C=O) groups is 1. The van der Waals surface area contributed by atoms with Crippen molar-refractivity contribution in [1.82, 2.24) is 10.2 Å². The van der Waals surface area contributed by atoms with E-state index in [0.29, 0.717) is 0 Å². The van der Waals surface area contributed by atoms with Gasteiger partial charge < -0.3 is 10.2 Å². The van der Waals surface area contributed by atoms with Crippen LogP contribution in [-0.4, -0.2) is 30.6 Å². The van der Waals surface area contributed by atoms with Gasteiger partial charge in [0.15, 0.2) is 0 Å². The first kappa shape index (κ1) is 10.8. The highest BCUT2D eigenvalue weighted by atomic mass is 16.2. The van der Waals surface area contributed by atoms with Crippen LogP contribution in [-0.2, 0) is 0 Å². The number of nitrogens with one attached hydrogen (secondary N) is 1. The molecule has 1 aliphatic heterocycles. The van der Waals surface area contributed by atoms with Gasteiger partial charge in [0.1, 0.15) is 0 Å². The summed E-state index contributed by atoms with van der Waals surface area (Å²) in [7, 11) is 0. The van der Waals surface area contributed by atoms with E-state index in [1.165, 1.54) is 32.1 Å². The van der Waals surface area contributed by atoms with Crippen molar-refractivity contribution in [3.8, 4) is 0 Å². The van der Waals surface area contributed by atoms with Crippen LogP contribution in [0.3, 0.4) is 0 Å². The molecule has 3 heteroatoms. The van der Waals surface area contributed by atoms with Crippen LogP contribution in [0.4, 0.5) is 4.79 Å². The Kier molecular flexibility index (Phi) is 3.49. The van der Waals surface area contributed by atoms with E-state index in [9.17, 15) is 4.79 Å². The molecule has 0 spiro atoms. The van der Waals surface area contributed by atoms with Crippen molar-refractivity contribution < 1.29 is 4.79 Å². The van der Waals surface area contributed by atoms with Crippen LogP contribution < -0.4 is 5.32 Å². The van der Waals surface area contributed by atoms with Gasteiger partial charge in [-0.3, -0.25) is 0 Å². The first-order valence-electron chi connectivity index (χ1n) is 6.30. The molecule has 2 aliphatic rings. The maximum Gasteiger partial charge on any atom is 0.317 e. The highest BCUT2D eigenvalue weighted by Gasteiger charge is 2.32. The summed E-state index contributed by atoms with van der Waals surface area (Å²) in [5, 5.41) is 3.06. The Morgan fingerprint density at radius 1 is 1.27 bits per heavy atom. The Morgan fingerprint density at radius 2 is 1.87 bits per heavy atom. The Bertz CT molecular complexity index is 222. The zero-order valence-electron chi connectivity index (χ0n) is 9.67. The smallest absolute Gasteiger partial charge is 0.317 e. The molecule has 1 saturated carbocycles. The number of urea groups is 1.